The summed E-state index contributed by atoms with van der Waals surface area (Å²) in [6.07, 6.45) is 1.68. The monoisotopic (exact) mass is 217 g/mol. The van der Waals surface area contributed by atoms with Gasteiger partial charge < -0.3 is 5.73 Å². The second-order valence-corrected chi connectivity index (χ2v) is 3.53. The summed E-state index contributed by atoms with van der Waals surface area (Å²) in [7, 11) is 0. The summed E-state index contributed by atoms with van der Waals surface area (Å²) < 4.78 is 0. The molecule has 0 aromatic rings. The van der Waals surface area contributed by atoms with E-state index in [1.165, 1.54) is 0 Å². The van der Waals surface area contributed by atoms with Crippen LogP contribution in [0.4, 0.5) is 0 Å². The van der Waals surface area contributed by atoms with Crippen LogP contribution in [0.1, 0.15) is 40.5 Å². The van der Waals surface area contributed by atoms with E-state index in [1.807, 2.05) is 27.7 Å². The standard InChI is InChI=1S/C5H12N2O.C5H11NO/c1-3-4(2)5(8)7-6;1-3-4(2)5(6)7/h4H,3,6H2,1-2H3,(H,7,8);4H,3H2,1-2H3,(H2,6,7). The maximum Gasteiger partial charge on any atom is 0.236 e. The highest BCUT2D eigenvalue weighted by Crippen LogP contribution is 1.97. The SMILES string of the molecule is CCC(C)C(=O)NN.CCC(C)C(N)=O. The Morgan fingerprint density at radius 2 is 1.53 bits per heavy atom. The Balaban J connectivity index is 0. The molecule has 0 heterocycles. The van der Waals surface area contributed by atoms with Gasteiger partial charge >= 0.3 is 0 Å². The van der Waals surface area contributed by atoms with Crippen molar-refractivity contribution in [3.63, 3.8) is 0 Å². The van der Waals surface area contributed by atoms with Crippen molar-refractivity contribution in [2.24, 2.45) is 23.4 Å². The van der Waals surface area contributed by atoms with Crippen LogP contribution >= 0.6 is 0 Å². The molecular weight excluding hydrogens is 194 g/mol. The molecule has 0 spiro atoms. The molecule has 0 bridgehead atoms. The first-order chi connectivity index (χ1) is 6.90. The molecule has 2 atom stereocenters. The van der Waals surface area contributed by atoms with Crippen LogP contribution in [0, 0.1) is 11.8 Å². The van der Waals surface area contributed by atoms with Crippen LogP contribution in [0.25, 0.3) is 0 Å². The van der Waals surface area contributed by atoms with E-state index in [-0.39, 0.29) is 23.7 Å². The lowest BCUT2D eigenvalue weighted by Gasteiger charge is -2.03. The van der Waals surface area contributed by atoms with Crippen molar-refractivity contribution >= 4 is 11.8 Å². The molecule has 0 aromatic heterocycles. The molecule has 2 amide bonds. The average Bonchev–Trinajstić information content (AvgIpc) is 2.26. The zero-order valence-corrected chi connectivity index (χ0v) is 10.0. The molecule has 0 aliphatic heterocycles. The average molecular weight is 217 g/mol. The smallest absolute Gasteiger partial charge is 0.236 e. The molecule has 5 nitrogen and oxygen atoms in total. The summed E-state index contributed by atoms with van der Waals surface area (Å²) in [4.78, 5) is 20.7. The van der Waals surface area contributed by atoms with Crippen LogP contribution < -0.4 is 17.0 Å². The van der Waals surface area contributed by atoms with E-state index in [0.29, 0.717) is 0 Å². The summed E-state index contributed by atoms with van der Waals surface area (Å²) in [6, 6.07) is 0. The summed E-state index contributed by atoms with van der Waals surface area (Å²) in [5.74, 6) is 4.64. The van der Waals surface area contributed by atoms with E-state index in [4.69, 9.17) is 11.6 Å². The molecule has 0 rings (SSSR count). The zero-order valence-electron chi connectivity index (χ0n) is 10.0. The highest BCUT2D eigenvalue weighted by atomic mass is 16.2. The van der Waals surface area contributed by atoms with Crippen LogP contribution in [-0.2, 0) is 9.59 Å². The summed E-state index contributed by atoms with van der Waals surface area (Å²) in [5.41, 5.74) is 6.98. The Bertz CT molecular complexity index is 195. The second-order valence-electron chi connectivity index (χ2n) is 3.53. The predicted molar refractivity (Wildman–Crippen MR) is 60.4 cm³/mol. The first-order valence-corrected chi connectivity index (χ1v) is 5.20. The van der Waals surface area contributed by atoms with Gasteiger partial charge in [0.15, 0.2) is 0 Å². The van der Waals surface area contributed by atoms with Gasteiger partial charge in [-0.15, -0.1) is 0 Å². The molecule has 0 saturated heterocycles. The molecule has 0 radical (unpaired) electrons. The van der Waals surface area contributed by atoms with Gasteiger partial charge in [0.05, 0.1) is 0 Å². The minimum atomic E-state index is -0.206. The van der Waals surface area contributed by atoms with Crippen molar-refractivity contribution in [2.75, 3.05) is 0 Å². The molecule has 0 aliphatic rings. The quantitative estimate of drug-likeness (QED) is 0.364. The third kappa shape index (κ3) is 9.21. The number of carbonyl (C=O) groups is 2. The van der Waals surface area contributed by atoms with Gasteiger partial charge in [-0.05, 0) is 12.8 Å². The second kappa shape index (κ2) is 9.45. The van der Waals surface area contributed by atoms with Gasteiger partial charge in [-0.25, -0.2) is 5.84 Å². The van der Waals surface area contributed by atoms with Crippen LogP contribution in [0.2, 0.25) is 0 Å². The van der Waals surface area contributed by atoms with Crippen molar-refractivity contribution in [1.29, 1.82) is 0 Å². The van der Waals surface area contributed by atoms with Gasteiger partial charge in [-0.3, -0.25) is 15.0 Å². The normalized spacial score (nSPS) is 13.1. The number of amides is 2. The molecule has 0 aliphatic carbocycles. The number of nitrogens with one attached hydrogen (secondary N) is 1. The molecule has 0 aromatic carbocycles. The van der Waals surface area contributed by atoms with Gasteiger partial charge in [0.25, 0.3) is 0 Å². The maximum absolute atomic E-state index is 10.5. The van der Waals surface area contributed by atoms with Crippen molar-refractivity contribution < 1.29 is 9.59 Å². The fourth-order valence-electron chi connectivity index (χ4n) is 0.529. The highest BCUT2D eigenvalue weighted by Gasteiger charge is 2.06. The molecule has 5 N–H and O–H groups in total. The zero-order chi connectivity index (χ0) is 12.4. The molecule has 2 unspecified atom stereocenters. The van der Waals surface area contributed by atoms with Gasteiger partial charge in [0.2, 0.25) is 11.8 Å². The number of hydrogen-bond acceptors (Lipinski definition) is 3. The number of hydrazine groups is 1. The predicted octanol–water partition coefficient (Wildman–Crippen LogP) is 0.540. The van der Waals surface area contributed by atoms with Gasteiger partial charge in [-0.1, -0.05) is 27.7 Å². The summed E-state index contributed by atoms with van der Waals surface area (Å²) in [5, 5.41) is 0. The van der Waals surface area contributed by atoms with Crippen molar-refractivity contribution in [3.8, 4) is 0 Å². The van der Waals surface area contributed by atoms with E-state index >= 15 is 0 Å². The lowest BCUT2D eigenvalue weighted by molar-refractivity contribution is -0.124. The third-order valence-electron chi connectivity index (χ3n) is 2.30. The van der Waals surface area contributed by atoms with Crippen molar-refractivity contribution in [1.82, 2.24) is 5.43 Å². The van der Waals surface area contributed by atoms with Crippen molar-refractivity contribution in [2.45, 2.75) is 40.5 Å². The minimum absolute atomic E-state index is 0.0417. The lowest BCUT2D eigenvalue weighted by atomic mass is 10.1. The van der Waals surface area contributed by atoms with E-state index < -0.39 is 0 Å². The minimum Gasteiger partial charge on any atom is -0.369 e. The van der Waals surface area contributed by atoms with E-state index in [9.17, 15) is 9.59 Å². The molecule has 5 heteroatoms. The highest BCUT2D eigenvalue weighted by molar-refractivity contribution is 5.77. The van der Waals surface area contributed by atoms with Gasteiger partial charge in [0, 0.05) is 11.8 Å². The molecule has 15 heavy (non-hydrogen) atoms. The van der Waals surface area contributed by atoms with Gasteiger partial charge in [0.1, 0.15) is 0 Å². The number of nitrogens with two attached hydrogens (primary N) is 2. The number of carbonyl (C=O) groups excluding carboxylic acids is 2. The first kappa shape index (κ1) is 16.3. The number of rotatable bonds is 4. The lowest BCUT2D eigenvalue weighted by Crippen LogP contribution is -2.34. The summed E-state index contributed by atoms with van der Waals surface area (Å²) >= 11 is 0. The molecule has 90 valence electrons. The fraction of sp³-hybridized carbons (Fsp3) is 0.800. The van der Waals surface area contributed by atoms with E-state index in [1.54, 1.807) is 0 Å². The van der Waals surface area contributed by atoms with Crippen molar-refractivity contribution in [3.05, 3.63) is 0 Å². The number of hydrogen-bond donors (Lipinski definition) is 3. The Labute approximate surface area is 91.6 Å². The Hall–Kier alpha value is -1.10. The fourth-order valence-corrected chi connectivity index (χ4v) is 0.529. The largest absolute Gasteiger partial charge is 0.369 e. The third-order valence-corrected chi connectivity index (χ3v) is 2.30. The Morgan fingerprint density at radius 1 is 1.13 bits per heavy atom. The van der Waals surface area contributed by atoms with Crippen LogP contribution in [-0.4, -0.2) is 11.8 Å². The van der Waals surface area contributed by atoms with E-state index in [2.05, 4.69) is 5.43 Å². The Kier molecular flexibility index (Phi) is 10.3. The molecule has 0 saturated carbocycles. The number of primary amides is 1. The van der Waals surface area contributed by atoms with Crippen LogP contribution in [0.3, 0.4) is 0 Å². The molecular formula is C10H23N3O2. The molecule has 0 fully saturated rings. The van der Waals surface area contributed by atoms with E-state index in [0.717, 1.165) is 12.8 Å². The Morgan fingerprint density at radius 3 is 1.60 bits per heavy atom. The van der Waals surface area contributed by atoms with Crippen LogP contribution in [0.5, 0.6) is 0 Å². The first-order valence-electron chi connectivity index (χ1n) is 5.20. The maximum atomic E-state index is 10.5. The topological polar surface area (TPSA) is 98.2 Å². The van der Waals surface area contributed by atoms with Crippen LogP contribution in [0.15, 0.2) is 0 Å². The summed E-state index contributed by atoms with van der Waals surface area (Å²) in [6.45, 7) is 7.54. The van der Waals surface area contributed by atoms with Gasteiger partial charge in [-0.2, -0.15) is 0 Å².